The summed E-state index contributed by atoms with van der Waals surface area (Å²) < 4.78 is 0. The second-order valence-electron chi connectivity index (χ2n) is 8.81. The molecule has 0 spiro atoms. The Labute approximate surface area is 206 Å². The minimum absolute atomic E-state index is 0.0933. The second-order valence-corrected chi connectivity index (χ2v) is 8.81. The highest BCUT2D eigenvalue weighted by molar-refractivity contribution is 5.93. The fourth-order valence-corrected chi connectivity index (χ4v) is 4.45. The van der Waals surface area contributed by atoms with Crippen LogP contribution in [-0.4, -0.2) is 79.9 Å². The number of aliphatic carboxylic acids is 1. The Morgan fingerprint density at radius 3 is 2.75 bits per heavy atom. The molecule has 3 atom stereocenters. The van der Waals surface area contributed by atoms with Gasteiger partial charge in [-0.25, -0.2) is 9.78 Å². The fraction of sp³-hybridized carbons (Fsp3) is 0.375. The number of nitrogens with zero attached hydrogens (tertiary/aromatic N) is 2. The zero-order valence-electron chi connectivity index (χ0n) is 19.6. The highest BCUT2D eigenvalue weighted by Crippen LogP contribution is 2.21. The molecule has 0 radical (unpaired) electrons. The van der Waals surface area contributed by atoms with Crippen molar-refractivity contribution in [3.63, 3.8) is 0 Å². The molecule has 1 aromatic carbocycles. The van der Waals surface area contributed by atoms with Crippen molar-refractivity contribution in [2.45, 2.75) is 43.8 Å². The number of fused-ring (bicyclic) bond motifs is 1. The number of rotatable bonds is 10. The van der Waals surface area contributed by atoms with E-state index in [0.717, 1.165) is 16.5 Å². The Kier molecular flexibility index (Phi) is 7.64. The monoisotopic (exact) mass is 495 g/mol. The number of aromatic amines is 2. The number of carboxylic acid groups (broad SMARTS) is 1. The smallest absolute Gasteiger partial charge is 0.326 e. The quantitative estimate of drug-likeness (QED) is 0.222. The van der Waals surface area contributed by atoms with E-state index in [-0.39, 0.29) is 19.4 Å². The molecule has 0 bridgehead atoms. The molecular formula is C24H29N7O5. The van der Waals surface area contributed by atoms with Gasteiger partial charge in [0, 0.05) is 48.4 Å². The maximum atomic E-state index is 13.0. The van der Waals surface area contributed by atoms with Gasteiger partial charge in [0.25, 0.3) is 0 Å². The number of hydrogen-bond acceptors (Lipinski definition) is 6. The lowest BCUT2D eigenvalue weighted by molar-refractivity contribution is -0.144. The molecule has 190 valence electrons. The van der Waals surface area contributed by atoms with E-state index in [0.29, 0.717) is 25.1 Å². The third kappa shape index (κ3) is 5.71. The van der Waals surface area contributed by atoms with Gasteiger partial charge in [-0.1, -0.05) is 18.2 Å². The first kappa shape index (κ1) is 24.9. The van der Waals surface area contributed by atoms with Crippen molar-refractivity contribution in [2.24, 2.45) is 5.73 Å². The van der Waals surface area contributed by atoms with Crippen molar-refractivity contribution in [3.05, 3.63) is 54.2 Å². The largest absolute Gasteiger partial charge is 0.480 e. The van der Waals surface area contributed by atoms with E-state index in [4.69, 9.17) is 5.73 Å². The summed E-state index contributed by atoms with van der Waals surface area (Å²) in [7, 11) is 0. The van der Waals surface area contributed by atoms with E-state index in [1.165, 1.54) is 11.2 Å². The molecule has 0 aliphatic carbocycles. The number of nitrogens with two attached hydrogens (primary N) is 1. The fourth-order valence-electron chi connectivity index (χ4n) is 4.45. The van der Waals surface area contributed by atoms with E-state index in [2.05, 4.69) is 25.6 Å². The molecule has 3 amide bonds. The molecule has 4 rings (SSSR count). The molecule has 2 aromatic heterocycles. The van der Waals surface area contributed by atoms with Crippen LogP contribution in [0.4, 0.5) is 0 Å². The maximum absolute atomic E-state index is 13.0. The Morgan fingerprint density at radius 2 is 2.00 bits per heavy atom. The number of H-pyrrole nitrogens is 2. The Morgan fingerprint density at radius 1 is 1.19 bits per heavy atom. The number of carbonyl (C=O) groups excluding carboxylic acids is 3. The molecule has 1 aliphatic heterocycles. The SMILES string of the molecule is NC(Cc1cnc[nH]1)C(=O)NCC(=O)N1CCCC1C(=O)NC(Cc1c[nH]c2ccccc12)C(=O)O. The van der Waals surface area contributed by atoms with Crippen LogP contribution in [0.2, 0.25) is 0 Å². The normalized spacial score (nSPS) is 17.0. The van der Waals surface area contributed by atoms with Crippen molar-refractivity contribution in [1.82, 2.24) is 30.5 Å². The van der Waals surface area contributed by atoms with Gasteiger partial charge in [0.15, 0.2) is 0 Å². The number of amides is 3. The molecular weight excluding hydrogens is 466 g/mol. The minimum Gasteiger partial charge on any atom is -0.480 e. The predicted octanol–water partition coefficient (Wildman–Crippen LogP) is -0.320. The molecule has 1 fully saturated rings. The lowest BCUT2D eigenvalue weighted by atomic mass is 10.0. The molecule has 7 N–H and O–H groups in total. The molecule has 1 aliphatic rings. The van der Waals surface area contributed by atoms with Crippen LogP contribution < -0.4 is 16.4 Å². The summed E-state index contributed by atoms with van der Waals surface area (Å²) in [5.41, 5.74) is 8.23. The lowest BCUT2D eigenvalue weighted by Gasteiger charge is -2.26. The van der Waals surface area contributed by atoms with Crippen molar-refractivity contribution in [2.75, 3.05) is 13.1 Å². The number of hydrogen-bond donors (Lipinski definition) is 6. The molecule has 3 heterocycles. The van der Waals surface area contributed by atoms with Crippen molar-refractivity contribution in [1.29, 1.82) is 0 Å². The van der Waals surface area contributed by atoms with Gasteiger partial charge in [0.1, 0.15) is 12.1 Å². The van der Waals surface area contributed by atoms with Crippen molar-refractivity contribution >= 4 is 34.6 Å². The van der Waals surface area contributed by atoms with Crippen LogP contribution in [0.3, 0.4) is 0 Å². The number of carboxylic acids is 1. The zero-order valence-corrected chi connectivity index (χ0v) is 19.6. The molecule has 12 nitrogen and oxygen atoms in total. The molecule has 3 unspecified atom stereocenters. The van der Waals surface area contributed by atoms with Gasteiger partial charge in [-0.2, -0.15) is 0 Å². The number of benzene rings is 1. The first-order chi connectivity index (χ1) is 17.3. The summed E-state index contributed by atoms with van der Waals surface area (Å²) in [4.78, 5) is 61.2. The Bertz CT molecular complexity index is 1240. The Balaban J connectivity index is 1.33. The van der Waals surface area contributed by atoms with Crippen LogP contribution in [0.25, 0.3) is 10.9 Å². The number of aromatic nitrogens is 3. The van der Waals surface area contributed by atoms with Crippen molar-refractivity contribution in [3.8, 4) is 0 Å². The summed E-state index contributed by atoms with van der Waals surface area (Å²) in [5, 5.41) is 15.7. The minimum atomic E-state index is -1.16. The predicted molar refractivity (Wildman–Crippen MR) is 130 cm³/mol. The average Bonchev–Trinajstić information content (AvgIpc) is 3.63. The number of para-hydroxylation sites is 1. The van der Waals surface area contributed by atoms with Crippen LogP contribution in [-0.2, 0) is 32.0 Å². The molecule has 12 heteroatoms. The second kappa shape index (κ2) is 11.0. The van der Waals surface area contributed by atoms with Crippen LogP contribution in [0.1, 0.15) is 24.1 Å². The summed E-state index contributed by atoms with van der Waals surface area (Å²) in [6.45, 7) is 0.0319. The van der Waals surface area contributed by atoms with Gasteiger partial charge in [0.05, 0.1) is 18.9 Å². The average molecular weight is 496 g/mol. The van der Waals surface area contributed by atoms with Gasteiger partial charge in [-0.3, -0.25) is 14.4 Å². The van der Waals surface area contributed by atoms with E-state index >= 15 is 0 Å². The van der Waals surface area contributed by atoms with Crippen LogP contribution in [0, 0.1) is 0 Å². The molecule has 0 saturated carbocycles. The van der Waals surface area contributed by atoms with E-state index in [1.807, 2.05) is 24.3 Å². The van der Waals surface area contributed by atoms with E-state index < -0.39 is 41.8 Å². The third-order valence-corrected chi connectivity index (χ3v) is 6.33. The van der Waals surface area contributed by atoms with Crippen LogP contribution in [0.5, 0.6) is 0 Å². The van der Waals surface area contributed by atoms with E-state index in [9.17, 15) is 24.3 Å². The number of carbonyl (C=O) groups is 4. The Hall–Kier alpha value is -4.19. The summed E-state index contributed by atoms with van der Waals surface area (Å²) in [6.07, 6.45) is 6.11. The van der Waals surface area contributed by atoms with Gasteiger partial charge < -0.3 is 36.3 Å². The standard InChI is InChI=1S/C24H29N7O5/c25-17(9-15-11-26-13-29-15)22(33)28-12-21(32)31-7-3-6-20(31)23(34)30-19(24(35)36)8-14-10-27-18-5-2-1-4-16(14)18/h1-2,4-5,10-11,13,17,19-20,27H,3,6-9,12,25H2,(H,26,29)(H,28,33)(H,30,34)(H,35,36). The third-order valence-electron chi connectivity index (χ3n) is 6.33. The van der Waals surface area contributed by atoms with Gasteiger partial charge >= 0.3 is 5.97 Å². The molecule has 1 saturated heterocycles. The first-order valence-electron chi connectivity index (χ1n) is 11.7. The lowest BCUT2D eigenvalue weighted by Crippen LogP contribution is -2.53. The summed E-state index contributed by atoms with van der Waals surface area (Å²) >= 11 is 0. The van der Waals surface area contributed by atoms with E-state index in [1.54, 1.807) is 12.4 Å². The highest BCUT2D eigenvalue weighted by Gasteiger charge is 2.36. The number of likely N-dealkylation sites (tertiary alicyclic amines) is 1. The molecule has 36 heavy (non-hydrogen) atoms. The van der Waals surface area contributed by atoms with Gasteiger partial charge in [-0.15, -0.1) is 0 Å². The van der Waals surface area contributed by atoms with Crippen LogP contribution >= 0.6 is 0 Å². The van der Waals surface area contributed by atoms with Crippen molar-refractivity contribution < 1.29 is 24.3 Å². The van der Waals surface area contributed by atoms with Gasteiger partial charge in [-0.05, 0) is 24.5 Å². The first-order valence-corrected chi connectivity index (χ1v) is 11.7. The number of imidazole rings is 1. The van der Waals surface area contributed by atoms with Gasteiger partial charge in [0.2, 0.25) is 17.7 Å². The maximum Gasteiger partial charge on any atom is 0.326 e. The zero-order chi connectivity index (χ0) is 25.7. The summed E-state index contributed by atoms with van der Waals surface area (Å²) in [6, 6.07) is 4.68. The highest BCUT2D eigenvalue weighted by atomic mass is 16.4. The van der Waals surface area contributed by atoms with Crippen LogP contribution in [0.15, 0.2) is 43.0 Å². The topological polar surface area (TPSA) is 186 Å². The summed E-state index contributed by atoms with van der Waals surface area (Å²) in [5.74, 6) is -2.63. The number of nitrogens with one attached hydrogen (secondary N) is 4. The molecule has 3 aromatic rings.